The summed E-state index contributed by atoms with van der Waals surface area (Å²) >= 11 is 0. The minimum absolute atomic E-state index is 0.0536. The topological polar surface area (TPSA) is 61.2 Å². The molecular weight excluding hydrogens is 280 g/mol. The normalized spacial score (nSPS) is 12.0. The molecule has 0 N–H and O–H groups in total. The first-order chi connectivity index (χ1) is 10.4. The van der Waals surface area contributed by atoms with Gasteiger partial charge in [-0.2, -0.15) is 0 Å². The van der Waals surface area contributed by atoms with E-state index in [2.05, 4.69) is 4.98 Å². The maximum Gasteiger partial charge on any atom is 0.302 e. The molecule has 116 valence electrons. The Morgan fingerprint density at radius 2 is 2.05 bits per heavy atom. The van der Waals surface area contributed by atoms with Gasteiger partial charge in [-0.15, -0.1) is 0 Å². The zero-order valence-electron chi connectivity index (χ0n) is 13.3. The largest absolute Gasteiger partial charge is 0.461 e. The Hall–Kier alpha value is -2.43. The van der Waals surface area contributed by atoms with Crippen LogP contribution in [0, 0.1) is 6.92 Å². The Balaban J connectivity index is 2.28. The molecule has 1 aromatic carbocycles. The van der Waals surface area contributed by atoms with Crippen molar-refractivity contribution in [2.45, 2.75) is 40.2 Å². The number of ether oxygens (including phenoxy) is 1. The van der Waals surface area contributed by atoms with E-state index in [0.717, 1.165) is 22.4 Å². The van der Waals surface area contributed by atoms with Gasteiger partial charge in [0.2, 0.25) is 5.91 Å². The highest BCUT2D eigenvalue weighted by atomic mass is 16.5. The maximum atomic E-state index is 11.4. The van der Waals surface area contributed by atoms with Crippen molar-refractivity contribution < 1.29 is 14.3 Å². The SMILES string of the molecule is CC(=O)OCc1cccc([C@H](C)c2cn(C(C)=O)cn2)c1C. The second kappa shape index (κ2) is 6.56. The summed E-state index contributed by atoms with van der Waals surface area (Å²) in [6, 6.07) is 5.92. The molecule has 2 aromatic rings. The van der Waals surface area contributed by atoms with E-state index in [9.17, 15) is 9.59 Å². The number of rotatable bonds is 4. The van der Waals surface area contributed by atoms with Crippen molar-refractivity contribution in [3.05, 3.63) is 53.1 Å². The van der Waals surface area contributed by atoms with Crippen LogP contribution in [0.25, 0.3) is 0 Å². The smallest absolute Gasteiger partial charge is 0.302 e. The molecule has 1 aromatic heterocycles. The van der Waals surface area contributed by atoms with E-state index < -0.39 is 0 Å². The first-order valence-electron chi connectivity index (χ1n) is 7.16. The fourth-order valence-corrected chi connectivity index (χ4v) is 2.40. The van der Waals surface area contributed by atoms with Crippen molar-refractivity contribution in [1.82, 2.24) is 9.55 Å². The molecular formula is C17H20N2O3. The Morgan fingerprint density at radius 3 is 2.64 bits per heavy atom. The number of carbonyl (C=O) groups is 2. The summed E-state index contributed by atoms with van der Waals surface area (Å²) in [5.74, 6) is -0.304. The van der Waals surface area contributed by atoms with Crippen molar-refractivity contribution in [2.75, 3.05) is 0 Å². The van der Waals surface area contributed by atoms with Gasteiger partial charge < -0.3 is 4.74 Å². The Bertz CT molecular complexity index is 704. The highest BCUT2D eigenvalue weighted by Gasteiger charge is 2.16. The van der Waals surface area contributed by atoms with E-state index in [4.69, 9.17) is 4.74 Å². The van der Waals surface area contributed by atoms with Crippen LogP contribution in [0.4, 0.5) is 0 Å². The molecule has 0 spiro atoms. The van der Waals surface area contributed by atoms with Gasteiger partial charge in [-0.1, -0.05) is 25.1 Å². The molecule has 5 nitrogen and oxygen atoms in total. The molecule has 0 aliphatic carbocycles. The molecule has 2 rings (SSSR count). The summed E-state index contributed by atoms with van der Waals surface area (Å²) in [7, 11) is 0. The average molecular weight is 300 g/mol. The lowest BCUT2D eigenvalue weighted by Gasteiger charge is -2.16. The van der Waals surface area contributed by atoms with E-state index in [1.54, 1.807) is 6.20 Å². The molecule has 1 heterocycles. The number of nitrogens with zero attached hydrogens (tertiary/aromatic N) is 2. The van der Waals surface area contributed by atoms with Gasteiger partial charge >= 0.3 is 5.97 Å². The van der Waals surface area contributed by atoms with Crippen LogP contribution in [0.5, 0.6) is 0 Å². The van der Waals surface area contributed by atoms with Crippen molar-refractivity contribution in [2.24, 2.45) is 0 Å². The van der Waals surface area contributed by atoms with E-state index >= 15 is 0 Å². The van der Waals surface area contributed by atoms with Crippen molar-refractivity contribution >= 4 is 11.9 Å². The molecule has 1 atom stereocenters. The van der Waals surface area contributed by atoms with Gasteiger partial charge in [-0.25, -0.2) is 4.98 Å². The zero-order valence-corrected chi connectivity index (χ0v) is 13.3. The summed E-state index contributed by atoms with van der Waals surface area (Å²) in [5.41, 5.74) is 4.00. The summed E-state index contributed by atoms with van der Waals surface area (Å²) in [6.07, 6.45) is 3.29. The van der Waals surface area contributed by atoms with E-state index in [0.29, 0.717) is 0 Å². The second-order valence-electron chi connectivity index (χ2n) is 5.36. The fourth-order valence-electron chi connectivity index (χ4n) is 2.40. The van der Waals surface area contributed by atoms with Gasteiger partial charge in [0.05, 0.1) is 5.69 Å². The molecule has 0 aliphatic rings. The number of hydrogen-bond donors (Lipinski definition) is 0. The minimum atomic E-state index is -0.293. The highest BCUT2D eigenvalue weighted by molar-refractivity contribution is 5.75. The number of carbonyl (C=O) groups excluding carboxylic acids is 2. The van der Waals surface area contributed by atoms with Crippen molar-refractivity contribution in [1.29, 1.82) is 0 Å². The van der Waals surface area contributed by atoms with Gasteiger partial charge in [-0.3, -0.25) is 14.2 Å². The number of aromatic nitrogens is 2. The molecule has 22 heavy (non-hydrogen) atoms. The van der Waals surface area contributed by atoms with Gasteiger partial charge in [-0.05, 0) is 23.6 Å². The molecule has 5 heteroatoms. The lowest BCUT2D eigenvalue weighted by atomic mass is 9.91. The van der Waals surface area contributed by atoms with E-state index in [1.165, 1.54) is 24.7 Å². The van der Waals surface area contributed by atoms with Crippen LogP contribution < -0.4 is 0 Å². The third-order valence-corrected chi connectivity index (χ3v) is 3.80. The van der Waals surface area contributed by atoms with Gasteiger partial charge in [0, 0.05) is 26.0 Å². The Labute approximate surface area is 129 Å². The lowest BCUT2D eigenvalue weighted by Crippen LogP contribution is -2.05. The predicted molar refractivity (Wildman–Crippen MR) is 82.7 cm³/mol. The number of imidazole rings is 1. The minimum Gasteiger partial charge on any atom is -0.461 e. The quantitative estimate of drug-likeness (QED) is 0.814. The standard InChI is InChI=1S/C17H20N2O3/c1-11-15(9-22-14(4)21)6-5-7-16(11)12(2)17-8-19(10-18-17)13(3)20/h5-8,10,12H,9H2,1-4H3/t12-/m0/s1. The molecule has 0 unspecified atom stereocenters. The molecule has 0 radical (unpaired) electrons. The average Bonchev–Trinajstić information content (AvgIpc) is 2.95. The van der Waals surface area contributed by atoms with Gasteiger partial charge in [0.25, 0.3) is 0 Å². The van der Waals surface area contributed by atoms with E-state index in [1.807, 2.05) is 32.0 Å². The molecule has 0 fully saturated rings. The summed E-state index contributed by atoms with van der Waals surface area (Å²) in [6.45, 7) is 7.22. The summed E-state index contributed by atoms with van der Waals surface area (Å²) in [4.78, 5) is 26.6. The molecule has 0 bridgehead atoms. The van der Waals surface area contributed by atoms with Gasteiger partial charge in [0.15, 0.2) is 0 Å². The maximum absolute atomic E-state index is 11.4. The van der Waals surface area contributed by atoms with Crippen LogP contribution in [0.15, 0.2) is 30.7 Å². The third kappa shape index (κ3) is 3.42. The number of hydrogen-bond acceptors (Lipinski definition) is 4. The monoisotopic (exact) mass is 300 g/mol. The fraction of sp³-hybridized carbons (Fsp3) is 0.353. The third-order valence-electron chi connectivity index (χ3n) is 3.80. The number of esters is 1. The Kier molecular flexibility index (Phi) is 4.75. The van der Waals surface area contributed by atoms with Crippen LogP contribution in [0.2, 0.25) is 0 Å². The van der Waals surface area contributed by atoms with Gasteiger partial charge in [0.1, 0.15) is 12.9 Å². The molecule has 0 saturated heterocycles. The summed E-state index contributed by atoms with van der Waals surface area (Å²) in [5, 5.41) is 0. The van der Waals surface area contributed by atoms with Crippen LogP contribution >= 0.6 is 0 Å². The van der Waals surface area contributed by atoms with Crippen LogP contribution in [-0.4, -0.2) is 21.4 Å². The highest BCUT2D eigenvalue weighted by Crippen LogP contribution is 2.27. The van der Waals surface area contributed by atoms with Crippen LogP contribution in [0.1, 0.15) is 53.9 Å². The molecule has 0 saturated carbocycles. The van der Waals surface area contributed by atoms with Crippen LogP contribution in [0.3, 0.4) is 0 Å². The predicted octanol–water partition coefficient (Wildman–Crippen LogP) is 3.07. The molecule has 0 aliphatic heterocycles. The van der Waals surface area contributed by atoms with Crippen molar-refractivity contribution in [3.8, 4) is 0 Å². The second-order valence-corrected chi connectivity index (χ2v) is 5.36. The lowest BCUT2D eigenvalue weighted by molar-refractivity contribution is -0.142. The van der Waals surface area contributed by atoms with Crippen molar-refractivity contribution in [3.63, 3.8) is 0 Å². The first-order valence-corrected chi connectivity index (χ1v) is 7.16. The van der Waals surface area contributed by atoms with E-state index in [-0.39, 0.29) is 24.4 Å². The van der Waals surface area contributed by atoms with Crippen LogP contribution in [-0.2, 0) is 16.1 Å². The first kappa shape index (κ1) is 15.9. The summed E-state index contributed by atoms with van der Waals surface area (Å²) < 4.78 is 6.56. The zero-order chi connectivity index (χ0) is 16.3. The molecule has 0 amide bonds. The number of benzene rings is 1. The Morgan fingerprint density at radius 1 is 1.32 bits per heavy atom.